The van der Waals surface area contributed by atoms with Crippen LogP contribution in [0.2, 0.25) is 5.02 Å². The highest BCUT2D eigenvalue weighted by Crippen LogP contribution is 2.25. The second kappa shape index (κ2) is 6.78. The van der Waals surface area contributed by atoms with Crippen molar-refractivity contribution in [2.45, 2.75) is 17.9 Å². The number of ketones is 1. The second-order valence-electron chi connectivity index (χ2n) is 4.27. The molecule has 1 nitrogen and oxygen atoms in total. The molecule has 0 saturated carbocycles. The first-order valence-corrected chi connectivity index (χ1v) is 7.55. The monoisotopic (exact) mass is 290 g/mol. The van der Waals surface area contributed by atoms with Crippen LogP contribution < -0.4 is 0 Å². The van der Waals surface area contributed by atoms with Gasteiger partial charge < -0.3 is 0 Å². The summed E-state index contributed by atoms with van der Waals surface area (Å²) in [6.45, 7) is 1.94. The van der Waals surface area contributed by atoms with Crippen LogP contribution in [0, 0.1) is 0 Å². The van der Waals surface area contributed by atoms with Crippen molar-refractivity contribution in [3.8, 4) is 0 Å². The van der Waals surface area contributed by atoms with E-state index in [1.807, 2.05) is 61.5 Å². The van der Waals surface area contributed by atoms with Crippen molar-refractivity contribution in [2.24, 2.45) is 0 Å². The highest BCUT2D eigenvalue weighted by molar-refractivity contribution is 7.99. The van der Waals surface area contributed by atoms with E-state index in [2.05, 4.69) is 0 Å². The van der Waals surface area contributed by atoms with E-state index >= 15 is 0 Å². The van der Waals surface area contributed by atoms with Crippen LogP contribution in [0.3, 0.4) is 0 Å². The average Bonchev–Trinajstić information content (AvgIpc) is 2.46. The van der Waals surface area contributed by atoms with Crippen LogP contribution >= 0.6 is 23.4 Å². The van der Waals surface area contributed by atoms with Gasteiger partial charge in [0.25, 0.3) is 0 Å². The van der Waals surface area contributed by atoms with Crippen molar-refractivity contribution < 1.29 is 4.79 Å². The molecule has 0 N–H and O–H groups in total. The molecule has 0 heterocycles. The van der Waals surface area contributed by atoms with Gasteiger partial charge in [0, 0.05) is 16.3 Å². The van der Waals surface area contributed by atoms with Crippen LogP contribution in [-0.2, 0) is 5.75 Å². The Balaban J connectivity index is 1.97. The minimum absolute atomic E-state index is 0.0707. The fourth-order valence-corrected chi connectivity index (χ4v) is 2.99. The van der Waals surface area contributed by atoms with Crippen molar-refractivity contribution >= 4 is 29.1 Å². The van der Waals surface area contributed by atoms with Gasteiger partial charge >= 0.3 is 0 Å². The van der Waals surface area contributed by atoms with E-state index < -0.39 is 0 Å². The predicted molar refractivity (Wildman–Crippen MR) is 83.0 cm³/mol. The Morgan fingerprint density at radius 3 is 2.42 bits per heavy atom. The highest BCUT2D eigenvalue weighted by Gasteiger charge is 2.15. The average molecular weight is 291 g/mol. The van der Waals surface area contributed by atoms with Gasteiger partial charge in [-0.2, -0.15) is 0 Å². The summed E-state index contributed by atoms with van der Waals surface area (Å²) in [5, 5.41) is 0.688. The molecule has 2 aromatic rings. The van der Waals surface area contributed by atoms with Gasteiger partial charge in [-0.1, -0.05) is 60.1 Å². The first kappa shape index (κ1) is 14.2. The third-order valence-corrected chi connectivity index (χ3v) is 4.43. The smallest absolute Gasteiger partial charge is 0.175 e. The lowest BCUT2D eigenvalue weighted by atomic mass is 10.1. The summed E-state index contributed by atoms with van der Waals surface area (Å²) in [5.74, 6) is 0.914. The number of rotatable bonds is 5. The highest BCUT2D eigenvalue weighted by atomic mass is 35.5. The molecule has 0 aromatic heterocycles. The van der Waals surface area contributed by atoms with Crippen molar-refractivity contribution in [2.75, 3.05) is 0 Å². The molecule has 19 heavy (non-hydrogen) atoms. The summed E-state index contributed by atoms with van der Waals surface area (Å²) in [4.78, 5) is 12.2. The van der Waals surface area contributed by atoms with E-state index in [1.54, 1.807) is 11.8 Å². The molecule has 0 spiro atoms. The van der Waals surface area contributed by atoms with Crippen molar-refractivity contribution in [3.05, 3.63) is 70.7 Å². The predicted octanol–water partition coefficient (Wildman–Crippen LogP) is 4.84. The lowest BCUT2D eigenvalue weighted by molar-refractivity contribution is 0.0994. The Kier molecular flexibility index (Phi) is 5.06. The van der Waals surface area contributed by atoms with E-state index in [0.717, 1.165) is 21.9 Å². The lowest BCUT2D eigenvalue weighted by Crippen LogP contribution is -2.13. The van der Waals surface area contributed by atoms with E-state index in [0.29, 0.717) is 0 Å². The molecule has 0 amide bonds. The Morgan fingerprint density at radius 2 is 1.74 bits per heavy atom. The second-order valence-corrected chi connectivity index (χ2v) is 6.01. The minimum atomic E-state index is -0.0707. The Bertz CT molecular complexity index is 554. The van der Waals surface area contributed by atoms with Crippen molar-refractivity contribution in [1.29, 1.82) is 0 Å². The number of halogens is 1. The first-order valence-electron chi connectivity index (χ1n) is 6.13. The van der Waals surface area contributed by atoms with Crippen LogP contribution in [0.4, 0.5) is 0 Å². The number of carbonyl (C=O) groups is 1. The Hall–Kier alpha value is -1.25. The van der Waals surface area contributed by atoms with Gasteiger partial charge in [0.15, 0.2) is 5.78 Å². The molecule has 0 aliphatic heterocycles. The third kappa shape index (κ3) is 3.85. The molecular weight excluding hydrogens is 276 g/mol. The van der Waals surface area contributed by atoms with Gasteiger partial charge in [-0.25, -0.2) is 0 Å². The molecule has 1 atom stereocenters. The van der Waals surface area contributed by atoms with Gasteiger partial charge in [-0.05, 0) is 18.6 Å². The zero-order chi connectivity index (χ0) is 13.7. The van der Waals surface area contributed by atoms with Gasteiger partial charge in [0.05, 0.1) is 5.25 Å². The summed E-state index contributed by atoms with van der Waals surface area (Å²) >= 11 is 7.72. The molecule has 0 radical (unpaired) electrons. The summed E-state index contributed by atoms with van der Waals surface area (Å²) in [7, 11) is 0. The van der Waals surface area contributed by atoms with Crippen molar-refractivity contribution in [1.82, 2.24) is 0 Å². The summed E-state index contributed by atoms with van der Waals surface area (Å²) < 4.78 is 0. The fraction of sp³-hybridized carbons (Fsp3) is 0.188. The normalized spacial score (nSPS) is 12.1. The van der Waals surface area contributed by atoms with Gasteiger partial charge in [-0.3, -0.25) is 4.79 Å². The van der Waals surface area contributed by atoms with Crippen molar-refractivity contribution in [3.63, 3.8) is 0 Å². The minimum Gasteiger partial charge on any atom is -0.293 e. The van der Waals surface area contributed by atoms with E-state index in [-0.39, 0.29) is 11.0 Å². The topological polar surface area (TPSA) is 17.1 Å². The molecular formula is C16H15ClOS. The molecule has 0 aliphatic rings. The number of thioether (sulfide) groups is 1. The maximum absolute atomic E-state index is 12.2. The molecule has 0 aliphatic carbocycles. The zero-order valence-corrected chi connectivity index (χ0v) is 12.2. The molecule has 3 heteroatoms. The summed E-state index contributed by atoms with van der Waals surface area (Å²) in [6.07, 6.45) is 0. The van der Waals surface area contributed by atoms with Crippen LogP contribution in [0.1, 0.15) is 22.8 Å². The Morgan fingerprint density at radius 1 is 1.11 bits per heavy atom. The summed E-state index contributed by atoms with van der Waals surface area (Å²) in [5.41, 5.74) is 1.84. The molecule has 98 valence electrons. The number of benzene rings is 2. The number of carbonyl (C=O) groups excluding carboxylic acids is 1. The molecule has 1 unspecified atom stereocenters. The van der Waals surface area contributed by atoms with Gasteiger partial charge in [0.1, 0.15) is 0 Å². The maximum Gasteiger partial charge on any atom is 0.175 e. The molecule has 0 saturated heterocycles. The molecule has 2 rings (SSSR count). The molecule has 0 bridgehead atoms. The number of hydrogen-bond acceptors (Lipinski definition) is 2. The van der Waals surface area contributed by atoms with Gasteiger partial charge in [0.2, 0.25) is 0 Å². The van der Waals surface area contributed by atoms with Crippen LogP contribution in [-0.4, -0.2) is 11.0 Å². The summed E-state index contributed by atoms with van der Waals surface area (Å²) in [6, 6.07) is 17.1. The molecule has 2 aromatic carbocycles. The number of Topliss-reactive ketones (excluding diaryl/α,β-unsaturated/α-hetero) is 1. The van der Waals surface area contributed by atoms with Gasteiger partial charge in [-0.15, -0.1) is 11.8 Å². The maximum atomic E-state index is 12.2. The standard InChI is InChI=1S/C16H15ClOS/c1-12(16(18)13-7-3-2-4-8-13)19-11-14-9-5-6-10-15(14)17/h2-10,12H,11H2,1H3. The van der Waals surface area contributed by atoms with Crippen LogP contribution in [0.5, 0.6) is 0 Å². The lowest BCUT2D eigenvalue weighted by Gasteiger charge is -2.11. The Labute approximate surface area is 123 Å². The number of hydrogen-bond donors (Lipinski definition) is 0. The SMILES string of the molecule is CC(SCc1ccccc1Cl)C(=O)c1ccccc1. The quantitative estimate of drug-likeness (QED) is 0.733. The van der Waals surface area contributed by atoms with E-state index in [9.17, 15) is 4.79 Å². The van der Waals surface area contributed by atoms with Crippen LogP contribution in [0.15, 0.2) is 54.6 Å². The van der Waals surface area contributed by atoms with E-state index in [4.69, 9.17) is 11.6 Å². The van der Waals surface area contributed by atoms with Crippen LogP contribution in [0.25, 0.3) is 0 Å². The largest absolute Gasteiger partial charge is 0.293 e. The zero-order valence-electron chi connectivity index (χ0n) is 10.7. The molecule has 0 fully saturated rings. The first-order chi connectivity index (χ1) is 9.18. The van der Waals surface area contributed by atoms with E-state index in [1.165, 1.54) is 0 Å². The fourth-order valence-electron chi connectivity index (χ4n) is 1.74. The third-order valence-electron chi connectivity index (χ3n) is 2.87.